The third kappa shape index (κ3) is 5.29. The van der Waals surface area contributed by atoms with Crippen LogP contribution in [0.15, 0.2) is 18.2 Å². The summed E-state index contributed by atoms with van der Waals surface area (Å²) in [4.78, 5) is 13.9. The first-order valence-electron chi connectivity index (χ1n) is 7.18. The molecule has 0 aliphatic carbocycles. The van der Waals surface area contributed by atoms with Crippen molar-refractivity contribution in [1.29, 1.82) is 0 Å². The average molecular weight is 332 g/mol. The summed E-state index contributed by atoms with van der Waals surface area (Å²) in [7, 11) is 0. The van der Waals surface area contributed by atoms with Crippen LogP contribution >= 0.6 is 0 Å². The van der Waals surface area contributed by atoms with Gasteiger partial charge < -0.3 is 21.1 Å². The number of benzene rings is 1. The summed E-state index contributed by atoms with van der Waals surface area (Å²) in [6, 6.07) is 2.30. The maximum Gasteiger partial charge on any atom is 0.416 e. The minimum absolute atomic E-state index is 0.136. The Kier molecular flexibility index (Phi) is 5.67. The number of halogens is 3. The van der Waals surface area contributed by atoms with Crippen molar-refractivity contribution in [3.05, 3.63) is 23.8 Å². The second kappa shape index (κ2) is 7.51. The molecule has 9 heteroatoms. The molecular weight excluding hydrogens is 313 g/mol. The Bertz CT molecular complexity index is 545. The van der Waals surface area contributed by atoms with Gasteiger partial charge in [-0.05, 0) is 18.2 Å². The van der Waals surface area contributed by atoms with E-state index in [9.17, 15) is 18.0 Å². The van der Waals surface area contributed by atoms with E-state index in [1.165, 1.54) is 0 Å². The Morgan fingerprint density at radius 1 is 1.30 bits per heavy atom. The van der Waals surface area contributed by atoms with Crippen LogP contribution in [0.5, 0.6) is 0 Å². The van der Waals surface area contributed by atoms with E-state index in [1.807, 2.05) is 0 Å². The molecule has 0 bridgehead atoms. The van der Waals surface area contributed by atoms with Crippen molar-refractivity contribution in [3.8, 4) is 0 Å². The van der Waals surface area contributed by atoms with Crippen LogP contribution in [0.1, 0.15) is 5.56 Å². The highest BCUT2D eigenvalue weighted by Gasteiger charge is 2.30. The molecule has 1 fully saturated rings. The summed E-state index contributed by atoms with van der Waals surface area (Å²) >= 11 is 0. The van der Waals surface area contributed by atoms with E-state index in [1.54, 1.807) is 0 Å². The second-order valence-electron chi connectivity index (χ2n) is 5.13. The number of nitrogens with one attached hydrogen (secondary N) is 2. The van der Waals surface area contributed by atoms with E-state index in [2.05, 4.69) is 15.5 Å². The van der Waals surface area contributed by atoms with Gasteiger partial charge >= 0.3 is 12.2 Å². The molecule has 0 radical (unpaired) electrons. The molecule has 6 nitrogen and oxygen atoms in total. The molecule has 1 aliphatic heterocycles. The van der Waals surface area contributed by atoms with Gasteiger partial charge in [-0.3, -0.25) is 4.90 Å². The highest BCUT2D eigenvalue weighted by atomic mass is 19.4. The molecule has 23 heavy (non-hydrogen) atoms. The number of hydrogen-bond donors (Lipinski definition) is 3. The van der Waals surface area contributed by atoms with E-state index in [-0.39, 0.29) is 11.4 Å². The number of nitrogen functional groups attached to an aromatic ring is 1. The largest absolute Gasteiger partial charge is 0.416 e. The third-order valence-corrected chi connectivity index (χ3v) is 3.44. The Balaban J connectivity index is 1.80. The predicted molar refractivity (Wildman–Crippen MR) is 80.1 cm³/mol. The number of urea groups is 1. The van der Waals surface area contributed by atoms with Crippen molar-refractivity contribution >= 4 is 17.4 Å². The van der Waals surface area contributed by atoms with Gasteiger partial charge in [-0.1, -0.05) is 0 Å². The zero-order chi connectivity index (χ0) is 16.9. The average Bonchev–Trinajstić information content (AvgIpc) is 2.49. The van der Waals surface area contributed by atoms with Gasteiger partial charge in [-0.2, -0.15) is 13.2 Å². The van der Waals surface area contributed by atoms with Crippen LogP contribution in [0.2, 0.25) is 0 Å². The molecular formula is C14H19F3N4O2. The van der Waals surface area contributed by atoms with Crippen molar-refractivity contribution in [2.75, 3.05) is 50.4 Å². The zero-order valence-corrected chi connectivity index (χ0v) is 12.4. The Hall–Kier alpha value is -2.00. The number of morpholine rings is 1. The number of carbonyl (C=O) groups excluding carboxylic acids is 1. The first kappa shape index (κ1) is 17.4. The van der Waals surface area contributed by atoms with Gasteiger partial charge in [0, 0.05) is 26.2 Å². The maximum atomic E-state index is 12.5. The topological polar surface area (TPSA) is 79.6 Å². The zero-order valence-electron chi connectivity index (χ0n) is 12.4. The smallest absolute Gasteiger partial charge is 0.397 e. The number of alkyl halides is 3. The number of hydrogen-bond acceptors (Lipinski definition) is 4. The molecule has 2 amide bonds. The summed E-state index contributed by atoms with van der Waals surface area (Å²) in [5.74, 6) is 0. The summed E-state index contributed by atoms with van der Waals surface area (Å²) < 4.78 is 42.8. The Morgan fingerprint density at radius 3 is 2.61 bits per heavy atom. The van der Waals surface area contributed by atoms with Crippen LogP contribution in [0.3, 0.4) is 0 Å². The molecule has 0 spiro atoms. The lowest BCUT2D eigenvalue weighted by Crippen LogP contribution is -2.42. The van der Waals surface area contributed by atoms with E-state index in [0.29, 0.717) is 26.3 Å². The van der Waals surface area contributed by atoms with E-state index < -0.39 is 17.8 Å². The van der Waals surface area contributed by atoms with Gasteiger partial charge in [0.05, 0.1) is 30.2 Å². The van der Waals surface area contributed by atoms with Crippen LogP contribution in [0, 0.1) is 0 Å². The predicted octanol–water partition coefficient (Wildman–Crippen LogP) is 1.74. The van der Waals surface area contributed by atoms with E-state index in [0.717, 1.165) is 31.3 Å². The van der Waals surface area contributed by atoms with Crippen molar-refractivity contribution in [2.45, 2.75) is 6.18 Å². The fourth-order valence-electron chi connectivity index (χ4n) is 2.17. The molecule has 1 saturated heterocycles. The lowest BCUT2D eigenvalue weighted by Gasteiger charge is -2.26. The van der Waals surface area contributed by atoms with Crippen molar-refractivity contribution in [2.24, 2.45) is 0 Å². The molecule has 1 aromatic carbocycles. The highest BCUT2D eigenvalue weighted by molar-refractivity contribution is 5.92. The second-order valence-corrected chi connectivity index (χ2v) is 5.13. The van der Waals surface area contributed by atoms with Crippen LogP contribution in [0.25, 0.3) is 0 Å². The lowest BCUT2D eigenvalue weighted by atomic mass is 10.1. The van der Waals surface area contributed by atoms with Gasteiger partial charge in [-0.15, -0.1) is 0 Å². The SMILES string of the molecule is Nc1cc(C(F)(F)F)ccc1NC(=O)NCCN1CCOCC1. The molecule has 128 valence electrons. The number of carbonyl (C=O) groups is 1. The summed E-state index contributed by atoms with van der Waals surface area (Å²) in [6.45, 7) is 4.08. The molecule has 0 atom stereocenters. The number of amides is 2. The summed E-state index contributed by atoms with van der Waals surface area (Å²) in [5.41, 5.74) is 4.70. The van der Waals surface area contributed by atoms with Gasteiger partial charge in [-0.25, -0.2) is 4.79 Å². The molecule has 1 aromatic rings. The number of anilines is 2. The Morgan fingerprint density at radius 2 is 2.00 bits per heavy atom. The van der Waals surface area contributed by atoms with Crippen LogP contribution in [0.4, 0.5) is 29.3 Å². The highest BCUT2D eigenvalue weighted by Crippen LogP contribution is 2.32. The van der Waals surface area contributed by atoms with E-state index >= 15 is 0 Å². The van der Waals surface area contributed by atoms with Crippen molar-refractivity contribution in [3.63, 3.8) is 0 Å². The molecule has 0 saturated carbocycles. The number of nitrogens with zero attached hydrogens (tertiary/aromatic N) is 1. The number of nitrogens with two attached hydrogens (primary N) is 1. The first-order valence-corrected chi connectivity index (χ1v) is 7.18. The molecule has 0 unspecified atom stereocenters. The lowest BCUT2D eigenvalue weighted by molar-refractivity contribution is -0.137. The van der Waals surface area contributed by atoms with Gasteiger partial charge in [0.1, 0.15) is 0 Å². The number of ether oxygens (including phenoxy) is 1. The molecule has 4 N–H and O–H groups in total. The van der Waals surface area contributed by atoms with Gasteiger partial charge in [0.15, 0.2) is 0 Å². The maximum absolute atomic E-state index is 12.5. The molecule has 1 heterocycles. The van der Waals surface area contributed by atoms with E-state index in [4.69, 9.17) is 10.5 Å². The monoisotopic (exact) mass is 332 g/mol. The van der Waals surface area contributed by atoms with Crippen LogP contribution < -0.4 is 16.4 Å². The fourth-order valence-corrected chi connectivity index (χ4v) is 2.17. The molecule has 1 aliphatic rings. The Labute approximate surface area is 131 Å². The first-order chi connectivity index (χ1) is 10.9. The summed E-state index contributed by atoms with van der Waals surface area (Å²) in [6.07, 6.45) is -4.47. The van der Waals surface area contributed by atoms with Gasteiger partial charge in [0.2, 0.25) is 0 Å². The van der Waals surface area contributed by atoms with Crippen molar-refractivity contribution in [1.82, 2.24) is 10.2 Å². The minimum atomic E-state index is -4.47. The normalized spacial score (nSPS) is 16.1. The summed E-state index contributed by atoms with van der Waals surface area (Å²) in [5, 5.41) is 5.08. The quantitative estimate of drug-likeness (QED) is 0.734. The fraction of sp³-hybridized carbons (Fsp3) is 0.500. The third-order valence-electron chi connectivity index (χ3n) is 3.44. The minimum Gasteiger partial charge on any atom is -0.397 e. The van der Waals surface area contributed by atoms with Crippen molar-refractivity contribution < 1.29 is 22.7 Å². The molecule has 2 rings (SSSR count). The standard InChI is InChI=1S/C14H19F3N4O2/c15-14(16,17)10-1-2-12(11(18)9-10)20-13(22)19-3-4-21-5-7-23-8-6-21/h1-2,9H,3-8,18H2,(H2,19,20,22). The molecule has 0 aromatic heterocycles. The number of rotatable bonds is 4. The van der Waals surface area contributed by atoms with Crippen LogP contribution in [-0.4, -0.2) is 50.3 Å². The van der Waals surface area contributed by atoms with Crippen LogP contribution in [-0.2, 0) is 10.9 Å². The van der Waals surface area contributed by atoms with Gasteiger partial charge in [0.25, 0.3) is 0 Å².